The van der Waals surface area contributed by atoms with Gasteiger partial charge in [-0.15, -0.1) is 0 Å². The average molecular weight is 550 g/mol. The summed E-state index contributed by atoms with van der Waals surface area (Å²) in [4.78, 5) is 38.3. The van der Waals surface area contributed by atoms with Gasteiger partial charge < -0.3 is 15.5 Å². The summed E-state index contributed by atoms with van der Waals surface area (Å²) in [7, 11) is -2.07. The molecule has 0 aromatic heterocycles. The second kappa shape index (κ2) is 11.8. The van der Waals surface area contributed by atoms with E-state index in [1.54, 1.807) is 20.8 Å². The number of hydrogen-bond acceptors (Lipinski definition) is 4. The molecule has 36 heavy (non-hydrogen) atoms. The molecule has 1 atom stereocenters. The first-order valence-corrected chi connectivity index (χ1v) is 12.3. The van der Waals surface area contributed by atoms with E-state index in [0.29, 0.717) is 6.07 Å². The largest absolute Gasteiger partial charge is 0.417 e. The molecule has 196 valence electrons. The molecule has 2 rings (SSSR count). The molecular formula is C23H24ClF4N3O4S. The van der Waals surface area contributed by atoms with E-state index in [0.717, 1.165) is 29.2 Å². The number of hydrogen-bond donors (Lipinski definition) is 2. The average Bonchev–Trinajstić information content (AvgIpc) is 2.72. The van der Waals surface area contributed by atoms with Crippen LogP contribution in [-0.4, -0.2) is 45.5 Å². The molecule has 0 spiro atoms. The Morgan fingerprint density at radius 3 is 2.14 bits per heavy atom. The molecule has 0 radical (unpaired) electrons. The number of nitrogens with one attached hydrogen (secondary N) is 2. The first kappa shape index (κ1) is 29.2. The van der Waals surface area contributed by atoms with Crippen LogP contribution in [0.25, 0.3) is 0 Å². The van der Waals surface area contributed by atoms with Crippen molar-refractivity contribution in [3.05, 3.63) is 58.9 Å². The van der Waals surface area contributed by atoms with Crippen molar-refractivity contribution in [1.29, 1.82) is 0 Å². The Labute approximate surface area is 212 Å². The molecule has 2 N–H and O–H groups in total. The first-order chi connectivity index (χ1) is 16.5. The van der Waals surface area contributed by atoms with Crippen LogP contribution in [0.3, 0.4) is 0 Å². The van der Waals surface area contributed by atoms with Gasteiger partial charge in [0.1, 0.15) is 23.9 Å². The predicted octanol–water partition coefficient (Wildman–Crippen LogP) is 4.13. The Morgan fingerprint density at radius 1 is 0.972 bits per heavy atom. The minimum absolute atomic E-state index is 0.242. The molecule has 0 unspecified atom stereocenters. The van der Waals surface area contributed by atoms with E-state index in [1.165, 1.54) is 12.1 Å². The van der Waals surface area contributed by atoms with E-state index >= 15 is 0 Å². The molecule has 13 heteroatoms. The smallest absolute Gasteiger partial charge is 0.350 e. The molecule has 0 fully saturated rings. The fourth-order valence-electron chi connectivity index (χ4n) is 2.97. The monoisotopic (exact) mass is 549 g/mol. The van der Waals surface area contributed by atoms with Crippen molar-refractivity contribution in [2.75, 3.05) is 28.3 Å². The van der Waals surface area contributed by atoms with Crippen molar-refractivity contribution in [3.8, 4) is 0 Å². The minimum Gasteiger partial charge on any atom is -0.350 e. The summed E-state index contributed by atoms with van der Waals surface area (Å²) in [6, 6.07) is 7.48. The number of benzene rings is 2. The molecule has 2 aromatic rings. The highest BCUT2D eigenvalue weighted by atomic mass is 35.5. The standard InChI is InChI=1S/C23H24ClF4N3O4S/c1-22(2,3)30-19(32)11-31(16-8-9-18(24)17(10-16)23(26,27)28)21(34)13-36(35)12-20(33)29-15-6-4-14(25)5-7-15/h4-10H,11-13H2,1-3H3,(H,29,33)(H,30,32)/t36-/m1/s1. The van der Waals surface area contributed by atoms with E-state index in [9.17, 15) is 36.2 Å². The van der Waals surface area contributed by atoms with Gasteiger partial charge in [-0.3, -0.25) is 18.6 Å². The van der Waals surface area contributed by atoms with Crippen LogP contribution >= 0.6 is 11.6 Å². The molecule has 0 aliphatic rings. The number of anilines is 2. The summed E-state index contributed by atoms with van der Waals surface area (Å²) < 4.78 is 65.5. The third kappa shape index (κ3) is 9.23. The zero-order valence-electron chi connectivity index (χ0n) is 19.5. The van der Waals surface area contributed by atoms with Crippen LogP contribution in [0.5, 0.6) is 0 Å². The van der Waals surface area contributed by atoms with Gasteiger partial charge in [0.2, 0.25) is 17.7 Å². The van der Waals surface area contributed by atoms with E-state index in [1.807, 2.05) is 0 Å². The third-order valence-electron chi connectivity index (χ3n) is 4.39. The second-order valence-electron chi connectivity index (χ2n) is 8.72. The SMILES string of the molecule is CC(C)(C)NC(=O)CN(C(=O)C[S@](=O)CC(=O)Nc1ccc(F)cc1)c1ccc(Cl)c(C(F)(F)F)c1. The minimum atomic E-state index is -4.82. The van der Waals surface area contributed by atoms with Crippen molar-refractivity contribution in [1.82, 2.24) is 5.32 Å². The fourth-order valence-corrected chi connectivity index (χ4v) is 4.09. The lowest BCUT2D eigenvalue weighted by molar-refractivity contribution is -0.137. The van der Waals surface area contributed by atoms with Gasteiger partial charge in [-0.25, -0.2) is 4.39 Å². The van der Waals surface area contributed by atoms with Crippen LogP contribution < -0.4 is 15.5 Å². The van der Waals surface area contributed by atoms with Crippen LogP contribution in [0.1, 0.15) is 26.3 Å². The topological polar surface area (TPSA) is 95.6 Å². The molecule has 0 saturated heterocycles. The lowest BCUT2D eigenvalue weighted by Crippen LogP contribution is -2.48. The Balaban J connectivity index is 2.21. The Kier molecular flexibility index (Phi) is 9.61. The predicted molar refractivity (Wildman–Crippen MR) is 130 cm³/mol. The van der Waals surface area contributed by atoms with E-state index < -0.39 is 74.7 Å². The van der Waals surface area contributed by atoms with Crippen molar-refractivity contribution < 1.29 is 36.2 Å². The van der Waals surface area contributed by atoms with E-state index in [-0.39, 0.29) is 11.4 Å². The maximum atomic E-state index is 13.4. The number of carbonyl (C=O) groups is 3. The molecule has 0 aliphatic heterocycles. The summed E-state index contributed by atoms with van der Waals surface area (Å²) in [5, 5.41) is 4.40. The molecule has 0 aliphatic carbocycles. The highest BCUT2D eigenvalue weighted by molar-refractivity contribution is 7.86. The Morgan fingerprint density at radius 2 is 1.58 bits per heavy atom. The zero-order valence-corrected chi connectivity index (χ0v) is 21.1. The van der Waals surface area contributed by atoms with Gasteiger partial charge in [-0.1, -0.05) is 11.6 Å². The normalized spacial score (nSPS) is 12.6. The van der Waals surface area contributed by atoms with Gasteiger partial charge in [-0.05, 0) is 63.2 Å². The number of alkyl halides is 3. The van der Waals surface area contributed by atoms with E-state index in [4.69, 9.17) is 11.6 Å². The van der Waals surface area contributed by atoms with Gasteiger partial charge in [0.05, 0.1) is 10.6 Å². The zero-order chi connectivity index (χ0) is 27.3. The molecule has 0 bridgehead atoms. The van der Waals surface area contributed by atoms with Crippen LogP contribution in [0.15, 0.2) is 42.5 Å². The van der Waals surface area contributed by atoms with Gasteiger partial charge in [0.25, 0.3) is 0 Å². The van der Waals surface area contributed by atoms with Gasteiger partial charge in [0, 0.05) is 27.7 Å². The van der Waals surface area contributed by atoms with Crippen molar-refractivity contribution in [2.45, 2.75) is 32.5 Å². The number of amides is 3. The highest BCUT2D eigenvalue weighted by Crippen LogP contribution is 2.37. The number of nitrogens with zero attached hydrogens (tertiary/aromatic N) is 1. The number of halogens is 5. The van der Waals surface area contributed by atoms with Gasteiger partial charge >= 0.3 is 6.18 Å². The molecule has 3 amide bonds. The lowest BCUT2D eigenvalue weighted by atomic mass is 10.1. The summed E-state index contributed by atoms with van der Waals surface area (Å²) >= 11 is 5.66. The maximum Gasteiger partial charge on any atom is 0.417 e. The summed E-state index contributed by atoms with van der Waals surface area (Å²) in [5.74, 6) is -4.21. The highest BCUT2D eigenvalue weighted by Gasteiger charge is 2.34. The van der Waals surface area contributed by atoms with Gasteiger partial charge in [0.15, 0.2) is 0 Å². The second-order valence-corrected chi connectivity index (χ2v) is 10.6. The number of carbonyl (C=O) groups excluding carboxylic acids is 3. The van der Waals surface area contributed by atoms with Crippen LogP contribution in [-0.2, 0) is 31.4 Å². The van der Waals surface area contributed by atoms with Crippen LogP contribution in [0.4, 0.5) is 28.9 Å². The van der Waals surface area contributed by atoms with E-state index in [2.05, 4.69) is 10.6 Å². The number of rotatable bonds is 8. The quantitative estimate of drug-likeness (QED) is 0.484. The molecule has 7 nitrogen and oxygen atoms in total. The van der Waals surface area contributed by atoms with Crippen molar-refractivity contribution >= 4 is 51.5 Å². The van der Waals surface area contributed by atoms with Crippen molar-refractivity contribution in [2.24, 2.45) is 0 Å². The summed E-state index contributed by atoms with van der Waals surface area (Å²) in [5.41, 5.74) is -1.94. The Hall–Kier alpha value is -2.99. The van der Waals surface area contributed by atoms with Crippen molar-refractivity contribution in [3.63, 3.8) is 0 Å². The molecular weight excluding hydrogens is 526 g/mol. The summed E-state index contributed by atoms with van der Waals surface area (Å²) in [6.45, 7) is 4.37. The van der Waals surface area contributed by atoms with Crippen LogP contribution in [0.2, 0.25) is 5.02 Å². The first-order valence-electron chi connectivity index (χ1n) is 10.4. The summed E-state index contributed by atoms with van der Waals surface area (Å²) in [6.07, 6.45) is -4.82. The molecule has 2 aromatic carbocycles. The lowest BCUT2D eigenvalue weighted by Gasteiger charge is -2.26. The van der Waals surface area contributed by atoms with Crippen LogP contribution in [0, 0.1) is 5.82 Å². The molecule has 0 saturated carbocycles. The maximum absolute atomic E-state index is 13.4. The third-order valence-corrected chi connectivity index (χ3v) is 5.87. The molecule has 0 heterocycles. The fraction of sp³-hybridized carbons (Fsp3) is 0.348. The Bertz CT molecular complexity index is 1150. The van der Waals surface area contributed by atoms with Gasteiger partial charge in [-0.2, -0.15) is 13.2 Å².